The van der Waals surface area contributed by atoms with Gasteiger partial charge >= 0.3 is 0 Å². The summed E-state index contributed by atoms with van der Waals surface area (Å²) in [6, 6.07) is 19.4. The molecule has 0 amide bonds. The topological polar surface area (TPSA) is 37.8 Å². The Morgan fingerprint density at radius 1 is 0.886 bits per heavy atom. The Balaban J connectivity index is 0.00000103. The van der Waals surface area contributed by atoms with Crippen molar-refractivity contribution in [2.75, 3.05) is 5.32 Å². The number of nitrogens with one attached hydrogen (secondary N) is 1. The predicted octanol–water partition coefficient (Wildman–Crippen LogP) is 9.26. The first-order valence-electron chi connectivity index (χ1n) is 13.0. The molecular weight excluding hydrogens is 426 g/mol. The van der Waals surface area contributed by atoms with Crippen LogP contribution in [0.2, 0.25) is 0 Å². The second-order valence-electron chi connectivity index (χ2n) is 7.95. The summed E-state index contributed by atoms with van der Waals surface area (Å²) in [6.07, 6.45) is 9.19. The molecule has 0 aliphatic carbocycles. The number of hydrogen-bond donors (Lipinski definition) is 1. The Hall–Kier alpha value is -3.46. The van der Waals surface area contributed by atoms with Crippen LogP contribution in [0, 0.1) is 6.92 Å². The number of nitrogens with zero attached hydrogens (tertiary/aromatic N) is 2. The van der Waals surface area contributed by atoms with Gasteiger partial charge in [0.1, 0.15) is 0 Å². The predicted molar refractivity (Wildman–Crippen MR) is 155 cm³/mol. The van der Waals surface area contributed by atoms with Gasteiger partial charge in [0.2, 0.25) is 0 Å². The van der Waals surface area contributed by atoms with E-state index in [4.69, 9.17) is 4.98 Å². The van der Waals surface area contributed by atoms with Gasteiger partial charge in [-0.25, -0.2) is 4.98 Å². The van der Waals surface area contributed by atoms with Crippen LogP contribution in [0.15, 0.2) is 73.6 Å². The number of aromatic nitrogens is 2. The minimum absolute atomic E-state index is 0.814. The molecule has 0 radical (unpaired) electrons. The molecule has 4 rings (SSSR count). The molecular formula is C32H41N3. The van der Waals surface area contributed by atoms with Crippen LogP contribution in [0.25, 0.3) is 28.2 Å². The van der Waals surface area contributed by atoms with Gasteiger partial charge in [-0.15, -0.1) is 0 Å². The maximum atomic E-state index is 4.90. The molecule has 0 atom stereocenters. The Bertz CT molecular complexity index is 1180. The summed E-state index contributed by atoms with van der Waals surface area (Å²) in [4.78, 5) is 9.14. The molecule has 0 aliphatic heterocycles. The van der Waals surface area contributed by atoms with Crippen LogP contribution < -0.4 is 5.32 Å². The number of unbranched alkanes of at least 4 members (excludes halogenated alkanes) is 1. The van der Waals surface area contributed by atoms with Gasteiger partial charge in [0.05, 0.1) is 11.2 Å². The Labute approximate surface area is 212 Å². The summed E-state index contributed by atoms with van der Waals surface area (Å²) in [5.41, 5.74) is 9.06. The van der Waals surface area contributed by atoms with E-state index in [2.05, 4.69) is 79.3 Å². The monoisotopic (exact) mass is 467 g/mol. The molecule has 4 aromatic rings. The lowest BCUT2D eigenvalue weighted by atomic mass is 9.98. The van der Waals surface area contributed by atoms with E-state index in [9.17, 15) is 0 Å². The number of rotatable bonds is 8. The molecule has 0 unspecified atom stereocenters. The number of benzene rings is 2. The molecule has 2 heterocycles. The standard InChI is InChI=1S/C28H29N3.2C2H6/c1-4-6-7-21-8-10-22(11-9-21)18-30-24-14-12-23(13-15-24)28-20(3)25(5-2)26-19-29-17-16-27(26)31-28;2*1-2/h5,8-17,19,30H,2,4,6-7,18H2,1,3H3;2*1-2H3. The normalized spacial score (nSPS) is 10.0. The van der Waals surface area contributed by atoms with Gasteiger partial charge in [0, 0.05) is 35.6 Å². The SMILES string of the molecule is C=Cc1c(C)c(-c2ccc(NCc3ccc(CCCC)cc3)cc2)nc2ccncc12.CC.CC. The number of pyridine rings is 2. The van der Waals surface area contributed by atoms with Crippen molar-refractivity contribution < 1.29 is 0 Å². The van der Waals surface area contributed by atoms with E-state index in [1.54, 1.807) is 6.20 Å². The molecule has 0 aliphatic rings. The zero-order chi connectivity index (χ0) is 25.6. The largest absolute Gasteiger partial charge is 0.381 e. The van der Waals surface area contributed by atoms with Gasteiger partial charge in [-0.3, -0.25) is 4.98 Å². The van der Waals surface area contributed by atoms with Crippen molar-refractivity contribution in [1.29, 1.82) is 0 Å². The lowest BCUT2D eigenvalue weighted by Crippen LogP contribution is -2.00. The minimum atomic E-state index is 0.814. The first-order valence-corrected chi connectivity index (χ1v) is 13.0. The number of hydrogen-bond acceptors (Lipinski definition) is 3. The Morgan fingerprint density at radius 2 is 1.54 bits per heavy atom. The van der Waals surface area contributed by atoms with E-state index in [1.807, 2.05) is 46.0 Å². The fourth-order valence-electron chi connectivity index (χ4n) is 3.92. The first kappa shape index (κ1) is 27.8. The third-order valence-electron chi connectivity index (χ3n) is 5.78. The van der Waals surface area contributed by atoms with E-state index in [-0.39, 0.29) is 0 Å². The quantitative estimate of drug-likeness (QED) is 0.280. The molecule has 0 saturated carbocycles. The third-order valence-corrected chi connectivity index (χ3v) is 5.78. The molecule has 0 spiro atoms. The van der Waals surface area contributed by atoms with Gasteiger partial charge in [-0.1, -0.05) is 90.1 Å². The molecule has 3 nitrogen and oxygen atoms in total. The van der Waals surface area contributed by atoms with Crippen LogP contribution in [0.3, 0.4) is 0 Å². The second kappa shape index (κ2) is 14.7. The van der Waals surface area contributed by atoms with Gasteiger partial charge in [-0.2, -0.15) is 0 Å². The van der Waals surface area contributed by atoms with E-state index in [0.717, 1.165) is 51.9 Å². The summed E-state index contributed by atoms with van der Waals surface area (Å²) in [7, 11) is 0. The number of anilines is 1. The summed E-state index contributed by atoms with van der Waals surface area (Å²) >= 11 is 0. The van der Waals surface area contributed by atoms with Crippen LogP contribution in [-0.2, 0) is 13.0 Å². The van der Waals surface area contributed by atoms with Crippen molar-refractivity contribution in [3.63, 3.8) is 0 Å². The molecule has 0 fully saturated rings. The highest BCUT2D eigenvalue weighted by Crippen LogP contribution is 2.30. The van der Waals surface area contributed by atoms with Crippen molar-refractivity contribution >= 4 is 22.7 Å². The molecule has 0 saturated heterocycles. The number of fused-ring (bicyclic) bond motifs is 1. The molecule has 2 aromatic heterocycles. The van der Waals surface area contributed by atoms with Crippen LogP contribution >= 0.6 is 0 Å². The molecule has 3 heteroatoms. The zero-order valence-electron chi connectivity index (χ0n) is 22.4. The second-order valence-corrected chi connectivity index (χ2v) is 7.95. The fourth-order valence-corrected chi connectivity index (χ4v) is 3.92. The van der Waals surface area contributed by atoms with Gasteiger partial charge in [-0.05, 0) is 60.2 Å². The van der Waals surface area contributed by atoms with Crippen molar-refractivity contribution in [2.45, 2.75) is 67.3 Å². The first-order chi connectivity index (χ1) is 17.2. The highest BCUT2D eigenvalue weighted by Gasteiger charge is 2.11. The summed E-state index contributed by atoms with van der Waals surface area (Å²) in [6.45, 7) is 17.1. The third kappa shape index (κ3) is 7.26. The van der Waals surface area contributed by atoms with Crippen molar-refractivity contribution in [3.8, 4) is 11.3 Å². The Kier molecular flexibility index (Phi) is 11.7. The maximum Gasteiger partial charge on any atom is 0.0746 e. The molecule has 184 valence electrons. The Morgan fingerprint density at radius 3 is 2.17 bits per heavy atom. The van der Waals surface area contributed by atoms with Gasteiger partial charge in [0.15, 0.2) is 0 Å². The molecule has 1 N–H and O–H groups in total. The molecule has 0 bridgehead atoms. The average Bonchev–Trinajstić information content (AvgIpc) is 2.93. The van der Waals surface area contributed by atoms with E-state index >= 15 is 0 Å². The van der Waals surface area contributed by atoms with Crippen molar-refractivity contribution in [3.05, 3.63) is 95.8 Å². The highest BCUT2D eigenvalue weighted by atomic mass is 14.9. The van der Waals surface area contributed by atoms with E-state index in [0.29, 0.717) is 0 Å². The smallest absolute Gasteiger partial charge is 0.0746 e. The molecule has 2 aromatic carbocycles. The van der Waals surface area contributed by atoms with Gasteiger partial charge < -0.3 is 5.32 Å². The number of aryl methyl sites for hydroxylation is 1. The van der Waals surface area contributed by atoms with E-state index < -0.39 is 0 Å². The van der Waals surface area contributed by atoms with Crippen LogP contribution in [0.4, 0.5) is 5.69 Å². The van der Waals surface area contributed by atoms with E-state index in [1.165, 1.54) is 24.0 Å². The lowest BCUT2D eigenvalue weighted by Gasteiger charge is -2.13. The minimum Gasteiger partial charge on any atom is -0.381 e. The van der Waals surface area contributed by atoms with Crippen molar-refractivity contribution in [1.82, 2.24) is 9.97 Å². The summed E-state index contributed by atoms with van der Waals surface area (Å²) < 4.78 is 0. The highest BCUT2D eigenvalue weighted by molar-refractivity contribution is 5.91. The van der Waals surface area contributed by atoms with Crippen molar-refractivity contribution in [2.24, 2.45) is 0 Å². The van der Waals surface area contributed by atoms with Crippen LogP contribution in [0.5, 0.6) is 0 Å². The summed E-state index contributed by atoms with van der Waals surface area (Å²) in [5.74, 6) is 0. The average molecular weight is 468 g/mol. The lowest BCUT2D eigenvalue weighted by molar-refractivity contribution is 0.794. The van der Waals surface area contributed by atoms with Crippen LogP contribution in [-0.4, -0.2) is 9.97 Å². The van der Waals surface area contributed by atoms with Gasteiger partial charge in [0.25, 0.3) is 0 Å². The van der Waals surface area contributed by atoms with Crippen LogP contribution in [0.1, 0.15) is 69.7 Å². The fraction of sp³-hybridized carbons (Fsp3) is 0.312. The molecule has 35 heavy (non-hydrogen) atoms. The summed E-state index contributed by atoms with van der Waals surface area (Å²) in [5, 5.41) is 4.56. The zero-order valence-corrected chi connectivity index (χ0v) is 22.4. The maximum absolute atomic E-state index is 4.90.